The third-order valence-corrected chi connectivity index (χ3v) is 4.01. The zero-order valence-corrected chi connectivity index (χ0v) is 11.9. The van der Waals surface area contributed by atoms with Crippen LogP contribution in [0.25, 0.3) is 0 Å². The topological polar surface area (TPSA) is 74.0 Å². The van der Waals surface area contributed by atoms with E-state index < -0.39 is 22.6 Å². The standard InChI is InChI=1S/C11H18F3N3O2S/c1-15-7-9-6-10(8-16-9)20(18,19)17-5-3-2-4-11(12,13)14/h6,8,15-17H,2-5,7H2,1H3. The molecule has 9 heteroatoms. The van der Waals surface area contributed by atoms with Crippen LogP contribution >= 0.6 is 0 Å². The summed E-state index contributed by atoms with van der Waals surface area (Å²) in [5.41, 5.74) is 0.713. The van der Waals surface area contributed by atoms with Gasteiger partial charge in [-0.15, -0.1) is 0 Å². The van der Waals surface area contributed by atoms with Gasteiger partial charge in [0.05, 0.1) is 4.90 Å². The van der Waals surface area contributed by atoms with Crippen molar-refractivity contribution in [2.75, 3.05) is 13.6 Å². The highest BCUT2D eigenvalue weighted by molar-refractivity contribution is 7.89. The van der Waals surface area contributed by atoms with Crippen LogP contribution in [0.4, 0.5) is 13.2 Å². The van der Waals surface area contributed by atoms with Crippen LogP contribution in [0.3, 0.4) is 0 Å². The molecule has 0 unspecified atom stereocenters. The van der Waals surface area contributed by atoms with Crippen molar-refractivity contribution in [3.05, 3.63) is 18.0 Å². The van der Waals surface area contributed by atoms with Crippen molar-refractivity contribution in [2.45, 2.75) is 36.9 Å². The first kappa shape index (κ1) is 17.0. The second-order valence-electron chi connectivity index (χ2n) is 4.36. The summed E-state index contributed by atoms with van der Waals surface area (Å²) in [5.74, 6) is 0. The first-order valence-corrected chi connectivity index (χ1v) is 7.61. The third-order valence-electron chi connectivity index (χ3n) is 2.57. The van der Waals surface area contributed by atoms with Crippen LogP contribution in [-0.4, -0.2) is 33.2 Å². The van der Waals surface area contributed by atoms with Crippen LogP contribution < -0.4 is 10.0 Å². The van der Waals surface area contributed by atoms with E-state index in [1.807, 2.05) is 0 Å². The van der Waals surface area contributed by atoms with Crippen molar-refractivity contribution in [1.29, 1.82) is 0 Å². The van der Waals surface area contributed by atoms with Crippen LogP contribution in [0.1, 0.15) is 25.0 Å². The van der Waals surface area contributed by atoms with Crippen LogP contribution in [0.2, 0.25) is 0 Å². The number of unbranched alkanes of at least 4 members (excludes halogenated alkanes) is 1. The fourth-order valence-corrected chi connectivity index (χ4v) is 2.70. The quantitative estimate of drug-likeness (QED) is 0.640. The van der Waals surface area contributed by atoms with E-state index in [4.69, 9.17) is 0 Å². The van der Waals surface area contributed by atoms with Gasteiger partial charge in [-0.2, -0.15) is 13.2 Å². The fraction of sp³-hybridized carbons (Fsp3) is 0.636. The van der Waals surface area contributed by atoms with Gasteiger partial charge in [-0.05, 0) is 26.0 Å². The molecule has 5 nitrogen and oxygen atoms in total. The van der Waals surface area contributed by atoms with Crippen molar-refractivity contribution in [3.8, 4) is 0 Å². The molecule has 1 rings (SSSR count). The van der Waals surface area contributed by atoms with Crippen LogP contribution in [0.5, 0.6) is 0 Å². The van der Waals surface area contributed by atoms with Crippen molar-refractivity contribution >= 4 is 10.0 Å². The minimum Gasteiger partial charge on any atom is -0.363 e. The second kappa shape index (κ2) is 7.09. The summed E-state index contributed by atoms with van der Waals surface area (Å²) >= 11 is 0. The summed E-state index contributed by atoms with van der Waals surface area (Å²) in [6.07, 6.45) is -3.69. The molecule has 0 amide bonds. The van der Waals surface area contributed by atoms with Gasteiger partial charge in [-0.1, -0.05) is 0 Å². The molecule has 0 aliphatic rings. The van der Waals surface area contributed by atoms with Crippen molar-refractivity contribution < 1.29 is 21.6 Å². The van der Waals surface area contributed by atoms with Gasteiger partial charge in [-0.25, -0.2) is 13.1 Å². The molecular formula is C11H18F3N3O2S. The number of aromatic nitrogens is 1. The average molecular weight is 313 g/mol. The Bertz CT molecular complexity index is 511. The Hall–Kier alpha value is -1.06. The van der Waals surface area contributed by atoms with E-state index in [2.05, 4.69) is 15.0 Å². The van der Waals surface area contributed by atoms with Crippen molar-refractivity contribution in [1.82, 2.24) is 15.0 Å². The average Bonchev–Trinajstić information content (AvgIpc) is 2.77. The normalized spacial score (nSPS) is 12.8. The molecular weight excluding hydrogens is 295 g/mol. The van der Waals surface area contributed by atoms with Gasteiger partial charge in [0.1, 0.15) is 0 Å². The molecule has 0 aromatic carbocycles. The minimum atomic E-state index is -4.19. The Morgan fingerprint density at radius 3 is 2.60 bits per heavy atom. The molecule has 0 spiro atoms. The number of hydrogen-bond acceptors (Lipinski definition) is 3. The first-order valence-electron chi connectivity index (χ1n) is 6.13. The first-order chi connectivity index (χ1) is 9.24. The van der Waals surface area contributed by atoms with E-state index >= 15 is 0 Å². The lowest BCUT2D eigenvalue weighted by Crippen LogP contribution is -2.24. The summed E-state index contributed by atoms with van der Waals surface area (Å²) in [7, 11) is -1.93. The fourth-order valence-electron chi connectivity index (χ4n) is 1.61. The molecule has 0 fully saturated rings. The molecule has 1 heterocycles. The molecule has 0 aliphatic carbocycles. The molecule has 0 atom stereocenters. The highest BCUT2D eigenvalue weighted by atomic mass is 32.2. The number of sulfonamides is 1. The second-order valence-corrected chi connectivity index (χ2v) is 6.13. The van der Waals surface area contributed by atoms with E-state index in [9.17, 15) is 21.6 Å². The van der Waals surface area contributed by atoms with E-state index in [0.717, 1.165) is 0 Å². The monoisotopic (exact) mass is 313 g/mol. The molecule has 0 aliphatic heterocycles. The van der Waals surface area contributed by atoms with Crippen LogP contribution in [-0.2, 0) is 16.6 Å². The summed E-state index contributed by atoms with van der Waals surface area (Å²) in [6.45, 7) is 0.492. The Kier molecular flexibility index (Phi) is 6.03. The van der Waals surface area contributed by atoms with E-state index in [1.165, 1.54) is 12.3 Å². The van der Waals surface area contributed by atoms with Gasteiger partial charge in [0.15, 0.2) is 0 Å². The summed E-state index contributed by atoms with van der Waals surface area (Å²) in [5, 5.41) is 2.87. The molecule has 1 aromatic heterocycles. The molecule has 3 N–H and O–H groups in total. The number of rotatable bonds is 8. The number of aromatic amines is 1. The lowest BCUT2D eigenvalue weighted by Gasteiger charge is -2.07. The summed E-state index contributed by atoms with van der Waals surface area (Å²) in [6, 6.07) is 1.48. The van der Waals surface area contributed by atoms with Gasteiger partial charge in [0.2, 0.25) is 10.0 Å². The maximum absolute atomic E-state index is 11.9. The van der Waals surface area contributed by atoms with Gasteiger partial charge in [0, 0.05) is 31.4 Å². The van der Waals surface area contributed by atoms with E-state index in [0.29, 0.717) is 12.2 Å². The molecule has 116 valence electrons. The maximum Gasteiger partial charge on any atom is 0.389 e. The van der Waals surface area contributed by atoms with Gasteiger partial charge in [-0.3, -0.25) is 0 Å². The molecule has 20 heavy (non-hydrogen) atoms. The highest BCUT2D eigenvalue weighted by Crippen LogP contribution is 2.22. The Labute approximate surface area is 116 Å². The van der Waals surface area contributed by atoms with Crippen molar-refractivity contribution in [2.24, 2.45) is 0 Å². The predicted molar refractivity (Wildman–Crippen MR) is 68.7 cm³/mol. The molecule has 1 aromatic rings. The molecule has 0 radical (unpaired) electrons. The largest absolute Gasteiger partial charge is 0.389 e. The van der Waals surface area contributed by atoms with Gasteiger partial charge >= 0.3 is 6.18 Å². The predicted octanol–water partition coefficient (Wildman–Crippen LogP) is 1.74. The lowest BCUT2D eigenvalue weighted by molar-refractivity contribution is -0.135. The van der Waals surface area contributed by atoms with E-state index in [-0.39, 0.29) is 24.3 Å². The molecule has 0 bridgehead atoms. The van der Waals surface area contributed by atoms with Crippen molar-refractivity contribution in [3.63, 3.8) is 0 Å². The number of halogens is 3. The Balaban J connectivity index is 2.41. The molecule has 0 saturated heterocycles. The zero-order valence-electron chi connectivity index (χ0n) is 11.0. The number of alkyl halides is 3. The summed E-state index contributed by atoms with van der Waals surface area (Å²) < 4.78 is 61.7. The SMILES string of the molecule is CNCc1cc(S(=O)(=O)NCCCCC(F)(F)F)c[nH]1. The highest BCUT2D eigenvalue weighted by Gasteiger charge is 2.26. The van der Waals surface area contributed by atoms with Gasteiger partial charge in [0.25, 0.3) is 0 Å². The van der Waals surface area contributed by atoms with E-state index in [1.54, 1.807) is 7.05 Å². The number of nitrogens with one attached hydrogen (secondary N) is 3. The zero-order chi connectivity index (χ0) is 15.2. The Morgan fingerprint density at radius 2 is 2.00 bits per heavy atom. The summed E-state index contributed by atoms with van der Waals surface area (Å²) in [4.78, 5) is 2.89. The third kappa shape index (κ3) is 5.93. The van der Waals surface area contributed by atoms with Crippen LogP contribution in [0.15, 0.2) is 17.2 Å². The number of hydrogen-bond donors (Lipinski definition) is 3. The Morgan fingerprint density at radius 1 is 1.30 bits per heavy atom. The lowest BCUT2D eigenvalue weighted by atomic mass is 10.2. The maximum atomic E-state index is 11.9. The molecule has 0 saturated carbocycles. The van der Waals surface area contributed by atoms with Gasteiger partial charge < -0.3 is 10.3 Å². The smallest absolute Gasteiger partial charge is 0.363 e. The van der Waals surface area contributed by atoms with Crippen LogP contribution in [0, 0.1) is 0 Å². The minimum absolute atomic E-state index is 0.00897. The number of H-pyrrole nitrogens is 1.